The molecule has 0 bridgehead atoms. The van der Waals surface area contributed by atoms with E-state index in [2.05, 4.69) is 33.0 Å². The van der Waals surface area contributed by atoms with Crippen LogP contribution in [0.25, 0.3) is 6.08 Å². The molecule has 5 heteroatoms. The van der Waals surface area contributed by atoms with Gasteiger partial charge in [-0.2, -0.15) is 0 Å². The van der Waals surface area contributed by atoms with Gasteiger partial charge in [0.25, 0.3) is 0 Å². The minimum atomic E-state index is -0.350. The standard InChI is InChI=1S/C35H53NO4/c1-5-26-30-22-25(37)15-18-35(30,4)29-16-19-34(3)27(13-14-28(34)31(29)32(26)38)23(2)17-20-36-33(39)40-21-9-12-24-10-7-6-8-11-24/h6-12,23,25-32,37-38H,5,13-22H2,1-4H3,(H,36,39)/b12-9+/t23-,25-,26-,27-,28+,29+,30+,31+,32-,34-,35-/m1/s1. The topological polar surface area (TPSA) is 78.8 Å². The minimum absolute atomic E-state index is 0.196. The van der Waals surface area contributed by atoms with E-state index in [1.165, 1.54) is 25.7 Å². The first-order chi connectivity index (χ1) is 19.2. The van der Waals surface area contributed by atoms with Crippen molar-refractivity contribution in [3.63, 3.8) is 0 Å². The molecule has 3 N–H and O–H groups in total. The number of hydrogen-bond acceptors (Lipinski definition) is 4. The van der Waals surface area contributed by atoms with E-state index in [-0.39, 0.29) is 35.7 Å². The molecule has 0 spiro atoms. The van der Waals surface area contributed by atoms with Crippen molar-refractivity contribution in [1.29, 1.82) is 0 Å². The number of hydrogen-bond donors (Lipinski definition) is 3. The van der Waals surface area contributed by atoms with Crippen LogP contribution in [0.5, 0.6) is 0 Å². The molecular formula is C35H53NO4. The Balaban J connectivity index is 1.16. The van der Waals surface area contributed by atoms with Crippen molar-refractivity contribution in [2.45, 2.75) is 97.7 Å². The maximum atomic E-state index is 12.3. The highest BCUT2D eigenvalue weighted by Gasteiger charge is 2.64. The van der Waals surface area contributed by atoms with Gasteiger partial charge in [0.2, 0.25) is 0 Å². The zero-order chi connectivity index (χ0) is 28.5. The average molecular weight is 552 g/mol. The van der Waals surface area contributed by atoms with E-state index in [1.807, 2.05) is 42.5 Å². The van der Waals surface area contributed by atoms with Crippen LogP contribution in [0.4, 0.5) is 4.79 Å². The number of benzene rings is 1. The highest BCUT2D eigenvalue weighted by molar-refractivity contribution is 5.67. The van der Waals surface area contributed by atoms with Crippen LogP contribution in [0.15, 0.2) is 36.4 Å². The molecule has 0 aromatic heterocycles. The molecule has 4 aliphatic carbocycles. The van der Waals surface area contributed by atoms with Gasteiger partial charge in [0, 0.05) is 6.54 Å². The zero-order valence-corrected chi connectivity index (χ0v) is 25.2. The molecule has 1 amide bonds. The third kappa shape index (κ3) is 5.50. The minimum Gasteiger partial charge on any atom is -0.445 e. The third-order valence-electron chi connectivity index (χ3n) is 12.4. The van der Waals surface area contributed by atoms with Crippen molar-refractivity contribution in [3.05, 3.63) is 42.0 Å². The molecule has 1 aromatic carbocycles. The Morgan fingerprint density at radius 3 is 2.52 bits per heavy atom. The van der Waals surface area contributed by atoms with Gasteiger partial charge in [-0.15, -0.1) is 0 Å². The van der Waals surface area contributed by atoms with Crippen molar-refractivity contribution >= 4 is 12.2 Å². The molecule has 0 aliphatic heterocycles. The van der Waals surface area contributed by atoms with Crippen LogP contribution in [0.3, 0.4) is 0 Å². The van der Waals surface area contributed by atoms with Crippen molar-refractivity contribution in [2.75, 3.05) is 13.2 Å². The molecule has 4 aliphatic rings. The Bertz CT molecular complexity index is 1030. The summed E-state index contributed by atoms with van der Waals surface area (Å²) in [5.41, 5.74) is 1.59. The summed E-state index contributed by atoms with van der Waals surface area (Å²) in [6.45, 7) is 10.5. The zero-order valence-electron chi connectivity index (χ0n) is 25.2. The van der Waals surface area contributed by atoms with Gasteiger partial charge in [-0.1, -0.05) is 70.5 Å². The summed E-state index contributed by atoms with van der Waals surface area (Å²) in [5, 5.41) is 25.4. The van der Waals surface area contributed by atoms with Gasteiger partial charge in [-0.25, -0.2) is 4.79 Å². The Morgan fingerprint density at radius 2 is 1.77 bits per heavy atom. The molecule has 40 heavy (non-hydrogen) atoms. The highest BCUT2D eigenvalue weighted by atomic mass is 16.5. The van der Waals surface area contributed by atoms with Crippen LogP contribution in [-0.4, -0.2) is 41.7 Å². The van der Waals surface area contributed by atoms with E-state index < -0.39 is 0 Å². The van der Waals surface area contributed by atoms with Crippen molar-refractivity contribution < 1.29 is 19.7 Å². The Morgan fingerprint density at radius 1 is 1.05 bits per heavy atom. The monoisotopic (exact) mass is 551 g/mol. The predicted octanol–water partition coefficient (Wildman–Crippen LogP) is 7.08. The van der Waals surface area contributed by atoms with Crippen LogP contribution in [-0.2, 0) is 4.74 Å². The lowest BCUT2D eigenvalue weighted by atomic mass is 9.41. The van der Waals surface area contributed by atoms with E-state index >= 15 is 0 Å². The summed E-state index contributed by atoms with van der Waals surface area (Å²) < 4.78 is 5.35. The normalized spacial score (nSPS) is 41.5. The number of carbonyl (C=O) groups excluding carboxylic acids is 1. The summed E-state index contributed by atoms with van der Waals surface area (Å²) in [4.78, 5) is 12.3. The number of aliphatic hydroxyl groups excluding tert-OH is 2. The summed E-state index contributed by atoms with van der Waals surface area (Å²) in [6, 6.07) is 10.0. The first-order valence-electron chi connectivity index (χ1n) is 16.2. The SMILES string of the molecule is CC[C@H]1[C@@H](O)[C@@H]2[C@H](CC[C@]3(C)[C@@H]([C@H](C)CCNC(=O)OC/C=C/c4ccccc4)CC[C@@H]23)[C@@]2(C)CC[C@@H](O)C[C@@H]12. The van der Waals surface area contributed by atoms with Crippen LogP contribution >= 0.6 is 0 Å². The third-order valence-corrected chi connectivity index (χ3v) is 12.4. The van der Waals surface area contributed by atoms with Gasteiger partial charge in [-0.3, -0.25) is 0 Å². The molecule has 5 rings (SSSR count). The number of rotatable bonds is 8. The Labute approximate surface area is 242 Å². The predicted molar refractivity (Wildman–Crippen MR) is 160 cm³/mol. The number of amides is 1. The maximum Gasteiger partial charge on any atom is 0.407 e. The first-order valence-corrected chi connectivity index (χ1v) is 16.2. The summed E-state index contributed by atoms with van der Waals surface area (Å²) in [7, 11) is 0. The summed E-state index contributed by atoms with van der Waals surface area (Å²) in [5.74, 6) is 3.41. The van der Waals surface area contributed by atoms with Gasteiger partial charge in [0.1, 0.15) is 6.61 Å². The molecule has 0 radical (unpaired) electrons. The quantitative estimate of drug-likeness (QED) is 0.323. The molecule has 0 unspecified atom stereocenters. The van der Waals surface area contributed by atoms with Crippen LogP contribution in [0.1, 0.15) is 91.0 Å². The maximum absolute atomic E-state index is 12.3. The fraction of sp³-hybridized carbons (Fsp3) is 0.743. The molecule has 11 atom stereocenters. The number of aliphatic hydroxyl groups is 2. The highest BCUT2D eigenvalue weighted by Crippen LogP contribution is 2.69. The van der Waals surface area contributed by atoms with E-state index in [1.54, 1.807) is 0 Å². The molecule has 4 saturated carbocycles. The second-order valence-electron chi connectivity index (χ2n) is 14.2. The molecular weight excluding hydrogens is 498 g/mol. The van der Waals surface area contributed by atoms with Crippen LogP contribution in [0, 0.1) is 52.3 Å². The average Bonchev–Trinajstić information content (AvgIpc) is 3.30. The molecule has 0 saturated heterocycles. The molecule has 1 aromatic rings. The van der Waals surface area contributed by atoms with Gasteiger partial charge < -0.3 is 20.3 Å². The van der Waals surface area contributed by atoms with E-state index in [0.29, 0.717) is 48.0 Å². The van der Waals surface area contributed by atoms with Crippen molar-refractivity contribution in [3.8, 4) is 0 Å². The van der Waals surface area contributed by atoms with Crippen LogP contribution in [0.2, 0.25) is 0 Å². The summed E-state index contributed by atoms with van der Waals surface area (Å²) >= 11 is 0. The second kappa shape index (κ2) is 12.2. The Kier molecular flexibility index (Phi) is 9.02. The van der Waals surface area contributed by atoms with E-state index in [0.717, 1.165) is 37.7 Å². The van der Waals surface area contributed by atoms with Gasteiger partial charge in [0.05, 0.1) is 12.2 Å². The number of alkyl carbamates (subject to hydrolysis) is 1. The number of fused-ring (bicyclic) bond motifs is 5. The molecule has 222 valence electrons. The molecule has 5 nitrogen and oxygen atoms in total. The molecule has 0 heterocycles. The largest absolute Gasteiger partial charge is 0.445 e. The lowest BCUT2D eigenvalue weighted by Gasteiger charge is -2.64. The van der Waals surface area contributed by atoms with Gasteiger partial charge >= 0.3 is 6.09 Å². The van der Waals surface area contributed by atoms with E-state index in [9.17, 15) is 15.0 Å². The lowest BCUT2D eigenvalue weighted by molar-refractivity contribution is -0.203. The van der Waals surface area contributed by atoms with Crippen molar-refractivity contribution in [1.82, 2.24) is 5.32 Å². The lowest BCUT2D eigenvalue weighted by Crippen LogP contribution is -2.62. The summed E-state index contributed by atoms with van der Waals surface area (Å²) in [6.07, 6.45) is 12.8. The number of nitrogens with one attached hydrogen (secondary N) is 1. The van der Waals surface area contributed by atoms with Crippen molar-refractivity contribution in [2.24, 2.45) is 52.3 Å². The van der Waals surface area contributed by atoms with Gasteiger partial charge in [-0.05, 0) is 115 Å². The fourth-order valence-corrected chi connectivity index (χ4v) is 10.5. The van der Waals surface area contributed by atoms with Gasteiger partial charge in [0.15, 0.2) is 0 Å². The Hall–Kier alpha value is -1.85. The van der Waals surface area contributed by atoms with Crippen LogP contribution < -0.4 is 5.32 Å². The van der Waals surface area contributed by atoms with E-state index in [4.69, 9.17) is 4.74 Å². The fourth-order valence-electron chi connectivity index (χ4n) is 10.5. The number of carbonyl (C=O) groups is 1. The number of ether oxygens (including phenoxy) is 1. The molecule has 4 fully saturated rings. The first kappa shape index (κ1) is 29.6. The smallest absolute Gasteiger partial charge is 0.407 e. The second-order valence-corrected chi connectivity index (χ2v) is 14.2.